The second kappa shape index (κ2) is 14.4. The molecule has 12 nitrogen and oxygen atoms in total. The number of carbonyl (C=O) groups is 2. The first-order valence-electron chi connectivity index (χ1n) is 16.7. The minimum absolute atomic E-state index is 0.117. The molecule has 4 heterocycles. The molecule has 1 fully saturated rings. The van der Waals surface area contributed by atoms with Gasteiger partial charge < -0.3 is 19.7 Å². The van der Waals surface area contributed by atoms with E-state index in [1.807, 2.05) is 37.7 Å². The number of hydrogen-bond donors (Lipinski definition) is 1. The third-order valence-electron chi connectivity index (χ3n) is 9.17. The second-order valence-electron chi connectivity index (χ2n) is 13.7. The van der Waals surface area contributed by atoms with Crippen molar-refractivity contribution in [2.75, 3.05) is 18.4 Å². The van der Waals surface area contributed by atoms with Crippen molar-refractivity contribution in [2.45, 2.75) is 58.5 Å². The number of fused-ring (bicyclic) bond motifs is 1. The minimum Gasteiger partial charge on any atom is -0.461 e. The third kappa shape index (κ3) is 7.51. The predicted molar refractivity (Wildman–Crippen MR) is 194 cm³/mol. The Morgan fingerprint density at radius 2 is 1.84 bits per heavy atom. The van der Waals surface area contributed by atoms with E-state index in [-0.39, 0.29) is 28.8 Å². The van der Waals surface area contributed by atoms with Gasteiger partial charge in [0.1, 0.15) is 23.9 Å². The zero-order valence-electron chi connectivity index (χ0n) is 29.1. The maximum absolute atomic E-state index is 15.5. The van der Waals surface area contributed by atoms with Crippen molar-refractivity contribution >= 4 is 41.8 Å². The van der Waals surface area contributed by atoms with Crippen molar-refractivity contribution in [2.24, 2.45) is 7.05 Å². The van der Waals surface area contributed by atoms with Gasteiger partial charge in [-0.1, -0.05) is 39.0 Å². The number of aromatic nitrogens is 5. The number of ether oxygens (including phenoxy) is 1. The Morgan fingerprint density at radius 1 is 1.08 bits per heavy atom. The normalized spacial score (nSPS) is 14.0. The molecule has 0 saturated carbocycles. The monoisotopic (exact) mass is 690 g/mol. The summed E-state index contributed by atoms with van der Waals surface area (Å²) in [5.41, 5.74) is 2.02. The maximum Gasteiger partial charge on any atom is 0.302 e. The number of piperidine rings is 1. The Balaban J connectivity index is 1.37. The number of carbonyl (C=O) groups excluding carboxylic acids is 2. The number of anilines is 2. The standard InChI is InChI=1S/C37H38BFN7O5/c1-22(48)51-20-28-27(7-6-8-32(28)46-36(50)34-25(19-41-46)15-26(16-29(34)39)37(2,3)4)30-17-31(35(49)44(5)43-30)42-33-10-9-24(18-40-33)23-11-13-45(14-12-23)38-21-47/h6-10,15-19,21,23H,11-14,20H2,1-5H3,(H,40,42). The molecule has 1 radical (unpaired) electrons. The smallest absolute Gasteiger partial charge is 0.302 e. The first-order chi connectivity index (χ1) is 24.3. The Bertz CT molecular complexity index is 2240. The number of hydrogen-bond acceptors (Lipinski definition) is 10. The highest BCUT2D eigenvalue weighted by molar-refractivity contribution is 6.64. The van der Waals surface area contributed by atoms with Gasteiger partial charge >= 0.3 is 5.97 Å². The molecule has 14 heteroatoms. The number of rotatable bonds is 9. The van der Waals surface area contributed by atoms with Crippen LogP contribution in [0.5, 0.6) is 0 Å². The van der Waals surface area contributed by atoms with Crippen molar-refractivity contribution in [3.63, 3.8) is 0 Å². The molecule has 1 aliphatic heterocycles. The zero-order valence-corrected chi connectivity index (χ0v) is 29.1. The summed E-state index contributed by atoms with van der Waals surface area (Å²) in [6.45, 7) is 8.48. The topological polar surface area (TPSA) is 141 Å². The van der Waals surface area contributed by atoms with Crippen LogP contribution in [0.3, 0.4) is 0 Å². The third-order valence-corrected chi connectivity index (χ3v) is 9.17. The van der Waals surface area contributed by atoms with Gasteiger partial charge in [0.25, 0.3) is 18.5 Å². The Kier molecular flexibility index (Phi) is 9.97. The molecule has 0 spiro atoms. The quantitative estimate of drug-likeness (QED) is 0.131. The Hall–Kier alpha value is -5.50. The van der Waals surface area contributed by atoms with Crippen molar-refractivity contribution in [3.8, 4) is 16.9 Å². The molecule has 0 atom stereocenters. The van der Waals surface area contributed by atoms with Crippen LogP contribution in [0.2, 0.25) is 0 Å². The average Bonchev–Trinajstić information content (AvgIpc) is 3.09. The van der Waals surface area contributed by atoms with E-state index in [2.05, 4.69) is 20.5 Å². The highest BCUT2D eigenvalue weighted by Gasteiger charge is 2.23. The van der Waals surface area contributed by atoms with Gasteiger partial charge in [-0.05, 0) is 78.7 Å². The summed E-state index contributed by atoms with van der Waals surface area (Å²) >= 11 is 0. The number of halogens is 1. The lowest BCUT2D eigenvalue weighted by Crippen LogP contribution is -2.36. The first kappa shape index (κ1) is 35.3. The maximum atomic E-state index is 15.5. The molecular formula is C37H38BFN7O5. The highest BCUT2D eigenvalue weighted by Crippen LogP contribution is 2.31. The molecule has 0 bridgehead atoms. The van der Waals surface area contributed by atoms with Crippen LogP contribution in [0.25, 0.3) is 27.7 Å². The molecule has 3 aromatic heterocycles. The number of benzene rings is 2. The van der Waals surface area contributed by atoms with Gasteiger partial charge in [-0.15, -0.1) is 0 Å². The van der Waals surface area contributed by atoms with E-state index in [1.54, 1.807) is 43.9 Å². The molecule has 51 heavy (non-hydrogen) atoms. The van der Waals surface area contributed by atoms with Crippen LogP contribution >= 0.6 is 0 Å². The molecule has 0 amide bonds. The van der Waals surface area contributed by atoms with Crippen molar-refractivity contribution in [1.29, 1.82) is 0 Å². The average molecular weight is 691 g/mol. The molecular weight excluding hydrogens is 652 g/mol. The van der Waals surface area contributed by atoms with E-state index >= 15 is 4.39 Å². The van der Waals surface area contributed by atoms with E-state index in [1.165, 1.54) is 30.9 Å². The van der Waals surface area contributed by atoms with Gasteiger partial charge in [-0.2, -0.15) is 14.9 Å². The molecule has 0 aliphatic carbocycles. The first-order valence-corrected chi connectivity index (χ1v) is 16.7. The highest BCUT2D eigenvalue weighted by atomic mass is 19.1. The minimum atomic E-state index is -0.679. The van der Waals surface area contributed by atoms with Gasteiger partial charge in [0.15, 0.2) is 0 Å². The largest absolute Gasteiger partial charge is 0.461 e. The van der Waals surface area contributed by atoms with Crippen LogP contribution in [0.15, 0.2) is 70.5 Å². The van der Waals surface area contributed by atoms with Gasteiger partial charge in [0.05, 0.1) is 29.1 Å². The summed E-state index contributed by atoms with van der Waals surface area (Å²) < 4.78 is 23.2. The van der Waals surface area contributed by atoms with Gasteiger partial charge in [0, 0.05) is 36.7 Å². The van der Waals surface area contributed by atoms with Crippen molar-refractivity contribution < 1.29 is 18.7 Å². The fourth-order valence-corrected chi connectivity index (χ4v) is 6.33. The van der Waals surface area contributed by atoms with Crippen molar-refractivity contribution in [3.05, 3.63) is 104 Å². The van der Waals surface area contributed by atoms with Gasteiger partial charge in [-0.3, -0.25) is 14.4 Å². The molecule has 5 aromatic rings. The molecule has 1 saturated heterocycles. The summed E-state index contributed by atoms with van der Waals surface area (Å²) in [5, 5.41) is 12.3. The van der Waals surface area contributed by atoms with Crippen LogP contribution in [0.1, 0.15) is 63.1 Å². The second-order valence-corrected chi connectivity index (χ2v) is 13.7. The Labute approximate surface area is 294 Å². The van der Waals surface area contributed by atoms with Gasteiger partial charge in [-0.25, -0.2) is 14.1 Å². The van der Waals surface area contributed by atoms with E-state index < -0.39 is 22.9 Å². The van der Waals surface area contributed by atoms with Crippen molar-refractivity contribution in [1.82, 2.24) is 29.4 Å². The lowest BCUT2D eigenvalue weighted by Gasteiger charge is -2.30. The van der Waals surface area contributed by atoms with Crippen LogP contribution in [-0.4, -0.2) is 62.0 Å². The summed E-state index contributed by atoms with van der Waals surface area (Å²) in [5.74, 6) is -0.442. The van der Waals surface area contributed by atoms with Crippen LogP contribution in [0.4, 0.5) is 15.9 Å². The molecule has 2 aromatic carbocycles. The summed E-state index contributed by atoms with van der Waals surface area (Å²) in [4.78, 5) is 56.4. The summed E-state index contributed by atoms with van der Waals surface area (Å²) in [7, 11) is 3.09. The van der Waals surface area contributed by atoms with E-state index in [9.17, 15) is 19.2 Å². The molecule has 261 valence electrons. The molecule has 1 aliphatic rings. The molecule has 6 rings (SSSR count). The predicted octanol–water partition coefficient (Wildman–Crippen LogP) is 4.77. The number of aryl methyl sites for hydroxylation is 1. The Morgan fingerprint density at radius 3 is 2.51 bits per heavy atom. The fourth-order valence-electron chi connectivity index (χ4n) is 6.33. The number of nitrogens with zero attached hydrogens (tertiary/aromatic N) is 6. The summed E-state index contributed by atoms with van der Waals surface area (Å²) in [6.07, 6.45) is 5.84. The summed E-state index contributed by atoms with van der Waals surface area (Å²) in [6, 6.07) is 13.5. The number of esters is 1. The number of nitrogens with one attached hydrogen (secondary N) is 1. The zero-order chi connectivity index (χ0) is 36.4. The fraction of sp³-hybridized carbons (Fsp3) is 0.324. The van der Waals surface area contributed by atoms with E-state index in [0.717, 1.165) is 47.9 Å². The van der Waals surface area contributed by atoms with E-state index in [0.29, 0.717) is 33.9 Å². The van der Waals surface area contributed by atoms with Crippen LogP contribution < -0.4 is 16.4 Å². The van der Waals surface area contributed by atoms with Crippen LogP contribution in [0, 0.1) is 5.82 Å². The molecule has 0 unspecified atom stereocenters. The lowest BCUT2D eigenvalue weighted by atomic mass is 9.84. The van der Waals surface area contributed by atoms with E-state index in [4.69, 9.17) is 4.74 Å². The van der Waals surface area contributed by atoms with Crippen LogP contribution in [-0.2, 0) is 33.4 Å². The lowest BCUT2D eigenvalue weighted by molar-refractivity contribution is -0.142. The molecule has 1 N–H and O–H groups in total. The number of pyridine rings is 1. The SMILES string of the molecule is CC(=O)OCc1c(-c2cc(Nc3ccc(C4CCN([B]C=O)CC4)cn3)c(=O)n(C)n2)cccc1-n1ncc2cc(C(C)(C)C)cc(F)c2c1=O. The van der Waals surface area contributed by atoms with Gasteiger partial charge in [0.2, 0.25) is 0 Å².